The summed E-state index contributed by atoms with van der Waals surface area (Å²) in [7, 11) is 1.88. The van der Waals surface area contributed by atoms with E-state index in [9.17, 15) is 5.11 Å². The number of unbranched alkanes of at least 4 members (excludes halogenated alkanes) is 25. The molecule has 0 amide bonds. The smallest absolute Gasteiger partial charge is 0.0543 e. The Bertz CT molecular complexity index is 663. The molecule has 2 nitrogen and oxygen atoms in total. The van der Waals surface area contributed by atoms with E-state index < -0.39 is 0 Å². The molecule has 0 aromatic heterocycles. The highest BCUT2D eigenvalue weighted by atomic mass is 16.5. The predicted octanol–water partition coefficient (Wildman–Crippen LogP) is 17.4. The lowest BCUT2D eigenvalue weighted by atomic mass is 9.76. The van der Waals surface area contributed by atoms with Crippen molar-refractivity contribution in [3.63, 3.8) is 0 Å². The SMILES string of the molecule is CCCCCCCCCCCCCC[C@H](C)C(C)C(CCCC[C@@H](CCCCCCC)C[C@H](O)CCCCCCCCCCCC)CC[C@H](C)OC. The Labute approximate surface area is 331 Å². The van der Waals surface area contributed by atoms with E-state index >= 15 is 0 Å². The maximum Gasteiger partial charge on any atom is 0.0543 e. The summed E-state index contributed by atoms with van der Waals surface area (Å²) in [5.74, 6) is 3.16. The molecule has 0 saturated heterocycles. The summed E-state index contributed by atoms with van der Waals surface area (Å²) < 4.78 is 5.69. The van der Waals surface area contributed by atoms with Crippen molar-refractivity contribution < 1.29 is 9.84 Å². The topological polar surface area (TPSA) is 29.5 Å². The van der Waals surface area contributed by atoms with Gasteiger partial charge >= 0.3 is 0 Å². The van der Waals surface area contributed by atoms with Crippen molar-refractivity contribution >= 4 is 0 Å². The van der Waals surface area contributed by atoms with E-state index in [-0.39, 0.29) is 6.10 Å². The minimum Gasteiger partial charge on any atom is -0.393 e. The van der Waals surface area contributed by atoms with Gasteiger partial charge in [0.05, 0.1) is 12.2 Å². The molecule has 6 atom stereocenters. The first-order valence-corrected chi connectivity index (χ1v) is 24.6. The number of aliphatic hydroxyl groups excluding tert-OH is 1. The molecule has 314 valence electrons. The van der Waals surface area contributed by atoms with E-state index in [4.69, 9.17) is 4.74 Å². The molecule has 0 aromatic carbocycles. The van der Waals surface area contributed by atoms with Gasteiger partial charge < -0.3 is 9.84 Å². The van der Waals surface area contributed by atoms with Crippen LogP contribution in [-0.4, -0.2) is 24.4 Å². The van der Waals surface area contributed by atoms with E-state index in [0.717, 1.165) is 30.6 Å². The highest BCUT2D eigenvalue weighted by molar-refractivity contribution is 4.74. The molecule has 0 aromatic rings. The summed E-state index contributed by atoms with van der Waals surface area (Å²) in [4.78, 5) is 0. The maximum absolute atomic E-state index is 11.1. The summed E-state index contributed by atoms with van der Waals surface area (Å²) in [5, 5.41) is 11.1. The fraction of sp³-hybridized carbons (Fsp3) is 1.00. The first-order chi connectivity index (χ1) is 25.4. The highest BCUT2D eigenvalue weighted by Crippen LogP contribution is 2.34. The molecule has 52 heavy (non-hydrogen) atoms. The Morgan fingerprint density at radius 3 is 1.15 bits per heavy atom. The van der Waals surface area contributed by atoms with Gasteiger partial charge in [-0.1, -0.05) is 247 Å². The molecule has 0 saturated carbocycles. The van der Waals surface area contributed by atoms with Crippen LogP contribution in [0.15, 0.2) is 0 Å². The van der Waals surface area contributed by atoms with Gasteiger partial charge in [0.15, 0.2) is 0 Å². The second kappa shape index (κ2) is 40.6. The Kier molecular flexibility index (Phi) is 40.5. The number of rotatable bonds is 43. The second-order valence-corrected chi connectivity index (χ2v) is 18.1. The quantitative estimate of drug-likeness (QED) is 0.0632. The van der Waals surface area contributed by atoms with Crippen molar-refractivity contribution in [2.45, 2.75) is 291 Å². The van der Waals surface area contributed by atoms with Gasteiger partial charge in [0, 0.05) is 7.11 Å². The van der Waals surface area contributed by atoms with Crippen molar-refractivity contribution in [3.8, 4) is 0 Å². The standard InChI is InChI=1S/C50H102O2/c1-8-11-14-17-19-21-23-24-25-27-30-32-37-45(4)47(6)49(43-42-46(5)52-7)40-36-35-39-48(38-33-29-16-13-10-3)44-50(51)41-34-31-28-26-22-20-18-15-12-9-2/h45-51H,8-44H2,1-7H3/t45-,46-,47?,48+,49?,50+/m0/s1. The highest BCUT2D eigenvalue weighted by Gasteiger charge is 2.23. The Morgan fingerprint density at radius 1 is 0.385 bits per heavy atom. The number of hydrogen-bond donors (Lipinski definition) is 1. The van der Waals surface area contributed by atoms with Gasteiger partial charge in [-0.3, -0.25) is 0 Å². The summed E-state index contributed by atoms with van der Waals surface area (Å²) in [6.07, 6.45) is 50.9. The first kappa shape index (κ1) is 51.9. The van der Waals surface area contributed by atoms with Crippen LogP contribution in [-0.2, 0) is 4.74 Å². The van der Waals surface area contributed by atoms with Crippen molar-refractivity contribution in [3.05, 3.63) is 0 Å². The van der Waals surface area contributed by atoms with Crippen LogP contribution in [0.25, 0.3) is 0 Å². The Morgan fingerprint density at radius 2 is 0.731 bits per heavy atom. The van der Waals surface area contributed by atoms with Gasteiger partial charge in [-0.25, -0.2) is 0 Å². The normalized spacial score (nSPS) is 15.5. The van der Waals surface area contributed by atoms with E-state index in [1.807, 2.05) is 7.11 Å². The molecule has 0 radical (unpaired) electrons. The maximum atomic E-state index is 11.1. The van der Waals surface area contributed by atoms with Crippen molar-refractivity contribution in [1.82, 2.24) is 0 Å². The zero-order chi connectivity index (χ0) is 38.3. The first-order valence-electron chi connectivity index (χ1n) is 24.6. The van der Waals surface area contributed by atoms with E-state index in [1.54, 1.807) is 0 Å². The molecule has 0 aliphatic carbocycles. The average Bonchev–Trinajstić information content (AvgIpc) is 3.14. The minimum absolute atomic E-state index is 0.0841. The molecule has 0 rings (SSSR count). The number of ether oxygens (including phenoxy) is 1. The lowest BCUT2D eigenvalue weighted by Gasteiger charge is -2.30. The zero-order valence-corrected chi connectivity index (χ0v) is 37.5. The van der Waals surface area contributed by atoms with Crippen LogP contribution in [0.1, 0.15) is 279 Å². The Hall–Kier alpha value is -0.0800. The van der Waals surface area contributed by atoms with Crippen LogP contribution < -0.4 is 0 Å². The number of methoxy groups -OCH3 is 1. The third-order valence-corrected chi connectivity index (χ3v) is 13.2. The molecule has 2 heteroatoms. The molecule has 1 N–H and O–H groups in total. The van der Waals surface area contributed by atoms with Gasteiger partial charge in [-0.15, -0.1) is 0 Å². The third-order valence-electron chi connectivity index (χ3n) is 13.2. The predicted molar refractivity (Wildman–Crippen MR) is 236 cm³/mol. The van der Waals surface area contributed by atoms with Crippen molar-refractivity contribution in [1.29, 1.82) is 0 Å². The van der Waals surface area contributed by atoms with Gasteiger partial charge in [0.1, 0.15) is 0 Å². The van der Waals surface area contributed by atoms with E-state index in [0.29, 0.717) is 12.0 Å². The lowest BCUT2D eigenvalue weighted by Crippen LogP contribution is -2.21. The number of aliphatic hydroxyl groups is 1. The fourth-order valence-corrected chi connectivity index (χ4v) is 8.90. The Balaban J connectivity index is 4.62. The van der Waals surface area contributed by atoms with Crippen LogP contribution in [0.5, 0.6) is 0 Å². The zero-order valence-electron chi connectivity index (χ0n) is 37.5. The summed E-state index contributed by atoms with van der Waals surface area (Å²) in [5.41, 5.74) is 0. The third kappa shape index (κ3) is 34.4. The fourth-order valence-electron chi connectivity index (χ4n) is 8.90. The van der Waals surface area contributed by atoms with Crippen LogP contribution >= 0.6 is 0 Å². The van der Waals surface area contributed by atoms with Crippen molar-refractivity contribution in [2.24, 2.45) is 23.7 Å². The van der Waals surface area contributed by atoms with E-state index in [2.05, 4.69) is 41.5 Å². The van der Waals surface area contributed by atoms with Gasteiger partial charge in [-0.2, -0.15) is 0 Å². The van der Waals surface area contributed by atoms with Crippen LogP contribution in [0, 0.1) is 23.7 Å². The van der Waals surface area contributed by atoms with Crippen LogP contribution in [0.2, 0.25) is 0 Å². The van der Waals surface area contributed by atoms with Gasteiger partial charge in [0.2, 0.25) is 0 Å². The summed E-state index contributed by atoms with van der Waals surface area (Å²) in [6.45, 7) is 14.3. The molecule has 0 aliphatic rings. The average molecular weight is 735 g/mol. The van der Waals surface area contributed by atoms with Gasteiger partial charge in [0.25, 0.3) is 0 Å². The summed E-state index contributed by atoms with van der Waals surface area (Å²) in [6, 6.07) is 0. The lowest BCUT2D eigenvalue weighted by molar-refractivity contribution is 0.0951. The van der Waals surface area contributed by atoms with Gasteiger partial charge in [-0.05, 0) is 56.3 Å². The molecule has 0 fully saturated rings. The molecule has 0 bridgehead atoms. The molecular formula is C50H102O2. The van der Waals surface area contributed by atoms with Crippen molar-refractivity contribution in [2.75, 3.05) is 7.11 Å². The molecule has 0 heterocycles. The minimum atomic E-state index is -0.0841. The second-order valence-electron chi connectivity index (χ2n) is 18.1. The molecule has 0 spiro atoms. The molecule has 2 unspecified atom stereocenters. The molecule has 0 aliphatic heterocycles. The van der Waals surface area contributed by atoms with Crippen LogP contribution in [0.3, 0.4) is 0 Å². The molecular weight excluding hydrogens is 633 g/mol. The largest absolute Gasteiger partial charge is 0.393 e. The van der Waals surface area contributed by atoms with Crippen LogP contribution in [0.4, 0.5) is 0 Å². The number of hydrogen-bond acceptors (Lipinski definition) is 2. The van der Waals surface area contributed by atoms with E-state index in [1.165, 1.54) is 225 Å². The monoisotopic (exact) mass is 735 g/mol. The summed E-state index contributed by atoms with van der Waals surface area (Å²) >= 11 is 0.